The van der Waals surface area contributed by atoms with Gasteiger partial charge in [0.25, 0.3) is 15.9 Å². The fourth-order valence-electron chi connectivity index (χ4n) is 3.51. The van der Waals surface area contributed by atoms with Gasteiger partial charge in [-0.05, 0) is 49.4 Å². The van der Waals surface area contributed by atoms with Gasteiger partial charge >= 0.3 is 0 Å². The van der Waals surface area contributed by atoms with Gasteiger partial charge in [-0.2, -0.15) is 0 Å². The number of hydrogen-bond donors (Lipinski definition) is 0. The molecule has 1 aromatic heterocycles. The molecule has 0 aliphatic carbocycles. The average Bonchev–Trinajstić information content (AvgIpc) is 3.32. The number of carbonyl (C=O) groups excluding carboxylic acids is 1. The second-order valence-electron chi connectivity index (χ2n) is 6.43. The molecule has 1 fully saturated rings. The molecule has 0 N–H and O–H groups in total. The number of fused-ring (bicyclic) bond motifs is 1. The van der Waals surface area contributed by atoms with E-state index in [1.807, 2.05) is 24.3 Å². The van der Waals surface area contributed by atoms with Crippen LogP contribution in [-0.4, -0.2) is 38.9 Å². The van der Waals surface area contributed by atoms with E-state index in [4.69, 9.17) is 0 Å². The van der Waals surface area contributed by atoms with Crippen molar-refractivity contribution in [3.8, 4) is 0 Å². The summed E-state index contributed by atoms with van der Waals surface area (Å²) >= 11 is 1.08. The highest BCUT2D eigenvalue weighted by Crippen LogP contribution is 2.34. The number of thiophene rings is 1. The molecular weight excluding hydrogens is 356 g/mol. The van der Waals surface area contributed by atoms with E-state index >= 15 is 0 Å². The zero-order chi connectivity index (χ0) is 17.4. The number of nitrogens with zero attached hydrogens (tertiary/aromatic N) is 2. The summed E-state index contributed by atoms with van der Waals surface area (Å²) in [5, 5.41) is 0. The SMILES string of the molecule is O=C(c1ccc(S(=O)(=O)N2CCCc3ccccc32)s1)N1CCCC1. The Balaban J connectivity index is 1.65. The quantitative estimate of drug-likeness (QED) is 0.827. The Bertz CT molecular complexity index is 899. The first-order valence-electron chi connectivity index (χ1n) is 8.57. The van der Waals surface area contributed by atoms with Crippen LogP contribution in [0.1, 0.15) is 34.5 Å². The van der Waals surface area contributed by atoms with E-state index in [0.717, 1.165) is 61.4 Å². The number of aryl methyl sites for hydroxylation is 1. The van der Waals surface area contributed by atoms with Crippen molar-refractivity contribution in [1.29, 1.82) is 0 Å². The molecule has 7 heteroatoms. The van der Waals surface area contributed by atoms with Gasteiger partial charge in [0.15, 0.2) is 0 Å². The Morgan fingerprint density at radius 3 is 2.52 bits per heavy atom. The van der Waals surface area contributed by atoms with Crippen LogP contribution in [0.3, 0.4) is 0 Å². The van der Waals surface area contributed by atoms with Gasteiger partial charge in [0, 0.05) is 19.6 Å². The Morgan fingerprint density at radius 1 is 0.960 bits per heavy atom. The third-order valence-corrected chi connectivity index (χ3v) is 8.15. The predicted molar refractivity (Wildman–Crippen MR) is 98.8 cm³/mol. The van der Waals surface area contributed by atoms with E-state index < -0.39 is 10.0 Å². The Kier molecular flexibility index (Phi) is 4.29. The van der Waals surface area contributed by atoms with Gasteiger partial charge in [0.2, 0.25) is 0 Å². The summed E-state index contributed by atoms with van der Waals surface area (Å²) < 4.78 is 28.0. The number of hydrogen-bond acceptors (Lipinski definition) is 4. The van der Waals surface area contributed by atoms with Crippen molar-refractivity contribution in [2.45, 2.75) is 29.9 Å². The summed E-state index contributed by atoms with van der Waals surface area (Å²) in [6, 6.07) is 10.9. The highest BCUT2D eigenvalue weighted by Gasteiger charge is 2.31. The van der Waals surface area contributed by atoms with Crippen molar-refractivity contribution in [3.63, 3.8) is 0 Å². The average molecular weight is 377 g/mol. The summed E-state index contributed by atoms with van der Waals surface area (Å²) in [5.74, 6) is -0.0528. The van der Waals surface area contributed by atoms with E-state index in [-0.39, 0.29) is 10.1 Å². The minimum absolute atomic E-state index is 0.0528. The van der Waals surface area contributed by atoms with Crippen LogP contribution in [0.25, 0.3) is 0 Å². The van der Waals surface area contributed by atoms with Crippen LogP contribution in [-0.2, 0) is 16.4 Å². The third-order valence-electron chi connectivity index (χ3n) is 4.80. The van der Waals surface area contributed by atoms with E-state index in [9.17, 15) is 13.2 Å². The first-order chi connectivity index (χ1) is 12.1. The van der Waals surface area contributed by atoms with Gasteiger partial charge < -0.3 is 4.90 Å². The lowest BCUT2D eigenvalue weighted by molar-refractivity contribution is 0.0797. The molecule has 2 aliphatic heterocycles. The van der Waals surface area contributed by atoms with E-state index in [1.54, 1.807) is 17.0 Å². The smallest absolute Gasteiger partial charge is 0.273 e. The van der Waals surface area contributed by atoms with E-state index in [0.29, 0.717) is 11.4 Å². The molecule has 1 amide bonds. The molecule has 0 unspecified atom stereocenters. The van der Waals surface area contributed by atoms with Crippen molar-refractivity contribution in [3.05, 3.63) is 46.8 Å². The summed E-state index contributed by atoms with van der Waals surface area (Å²) in [6.07, 6.45) is 3.74. The van der Waals surface area contributed by atoms with Gasteiger partial charge in [-0.3, -0.25) is 9.10 Å². The molecule has 2 aliphatic rings. The zero-order valence-corrected chi connectivity index (χ0v) is 15.5. The molecule has 0 bridgehead atoms. The van der Waals surface area contributed by atoms with E-state index in [1.165, 1.54) is 4.31 Å². The molecule has 2 aromatic rings. The van der Waals surface area contributed by atoms with Crippen LogP contribution in [0, 0.1) is 0 Å². The van der Waals surface area contributed by atoms with Crippen molar-refractivity contribution in [2.75, 3.05) is 23.9 Å². The number of amides is 1. The zero-order valence-electron chi connectivity index (χ0n) is 13.8. The van der Waals surface area contributed by atoms with Crippen LogP contribution in [0.4, 0.5) is 5.69 Å². The molecule has 0 radical (unpaired) electrons. The van der Waals surface area contributed by atoms with E-state index in [2.05, 4.69) is 0 Å². The molecular formula is C18H20N2O3S2. The Labute approximate surface area is 151 Å². The molecule has 0 saturated carbocycles. The van der Waals surface area contributed by atoms with Crippen molar-refractivity contribution in [2.24, 2.45) is 0 Å². The minimum atomic E-state index is -3.63. The monoisotopic (exact) mass is 376 g/mol. The van der Waals surface area contributed by atoms with Crippen molar-refractivity contribution >= 4 is 33.0 Å². The minimum Gasteiger partial charge on any atom is -0.338 e. The molecule has 132 valence electrons. The molecule has 25 heavy (non-hydrogen) atoms. The molecule has 0 atom stereocenters. The molecule has 5 nitrogen and oxygen atoms in total. The molecule has 4 rings (SSSR count). The summed E-state index contributed by atoms with van der Waals surface area (Å²) in [6.45, 7) is 2.00. The topological polar surface area (TPSA) is 57.7 Å². The van der Waals surface area contributed by atoms with Crippen LogP contribution in [0.15, 0.2) is 40.6 Å². The number of anilines is 1. The number of benzene rings is 1. The summed E-state index contributed by atoms with van der Waals surface area (Å²) in [7, 11) is -3.63. The van der Waals surface area contributed by atoms with Crippen LogP contribution < -0.4 is 4.31 Å². The van der Waals surface area contributed by atoms with Crippen molar-refractivity contribution < 1.29 is 13.2 Å². The highest BCUT2D eigenvalue weighted by molar-refractivity contribution is 7.94. The normalized spacial score (nSPS) is 17.6. The number of likely N-dealkylation sites (tertiary alicyclic amines) is 1. The van der Waals surface area contributed by atoms with Gasteiger partial charge in [-0.25, -0.2) is 8.42 Å². The number of para-hydroxylation sites is 1. The Hall–Kier alpha value is -1.86. The maximum atomic E-state index is 13.1. The lowest BCUT2D eigenvalue weighted by Crippen LogP contribution is -2.35. The summed E-state index contributed by atoms with van der Waals surface area (Å²) in [5.41, 5.74) is 1.82. The standard InChI is InChI=1S/C18H20N2O3S2/c21-18(19-11-3-4-12-19)16-9-10-17(24-16)25(22,23)20-13-5-7-14-6-1-2-8-15(14)20/h1-2,6,8-10H,3-5,7,11-13H2. The second-order valence-corrected chi connectivity index (χ2v) is 9.60. The number of sulfonamides is 1. The molecule has 0 spiro atoms. The first kappa shape index (κ1) is 16.6. The fourth-order valence-corrected chi connectivity index (χ4v) is 6.44. The van der Waals surface area contributed by atoms with Gasteiger partial charge in [-0.1, -0.05) is 18.2 Å². The van der Waals surface area contributed by atoms with Crippen LogP contribution in [0.2, 0.25) is 0 Å². The maximum absolute atomic E-state index is 13.1. The third kappa shape index (κ3) is 2.95. The maximum Gasteiger partial charge on any atom is 0.273 e. The van der Waals surface area contributed by atoms with Gasteiger partial charge in [-0.15, -0.1) is 11.3 Å². The largest absolute Gasteiger partial charge is 0.338 e. The van der Waals surface area contributed by atoms with Gasteiger partial charge in [0.1, 0.15) is 4.21 Å². The van der Waals surface area contributed by atoms with Crippen LogP contribution in [0.5, 0.6) is 0 Å². The lowest BCUT2D eigenvalue weighted by atomic mass is 10.0. The first-order valence-corrected chi connectivity index (χ1v) is 10.8. The molecule has 1 saturated heterocycles. The second kappa shape index (κ2) is 6.46. The molecule has 3 heterocycles. The number of carbonyl (C=O) groups is 1. The number of rotatable bonds is 3. The summed E-state index contributed by atoms with van der Waals surface area (Å²) in [4.78, 5) is 14.8. The predicted octanol–water partition coefficient (Wildman–Crippen LogP) is 3.13. The fraction of sp³-hybridized carbons (Fsp3) is 0.389. The Morgan fingerprint density at radius 2 is 1.72 bits per heavy atom. The van der Waals surface area contributed by atoms with Gasteiger partial charge in [0.05, 0.1) is 10.6 Å². The lowest BCUT2D eigenvalue weighted by Gasteiger charge is -2.29. The molecule has 1 aromatic carbocycles. The van der Waals surface area contributed by atoms with Crippen molar-refractivity contribution in [1.82, 2.24) is 4.90 Å². The van der Waals surface area contributed by atoms with Crippen LogP contribution >= 0.6 is 11.3 Å². The highest BCUT2D eigenvalue weighted by atomic mass is 32.2.